The monoisotopic (exact) mass is 210 g/mol. The number of cyclic esters (lactones) is 1. The molecule has 0 aliphatic carbocycles. The average Bonchev–Trinajstić information content (AvgIpc) is 2.82. The van der Waals surface area contributed by atoms with Crippen molar-refractivity contribution in [3.63, 3.8) is 0 Å². The molecule has 1 aromatic rings. The number of aryl methyl sites for hydroxylation is 1. The van der Waals surface area contributed by atoms with Crippen molar-refractivity contribution in [2.75, 3.05) is 18.1 Å². The average molecular weight is 210 g/mol. The minimum Gasteiger partial charge on any atom is -0.441 e. The Morgan fingerprint density at radius 1 is 1.67 bits per heavy atom. The van der Waals surface area contributed by atoms with E-state index in [0.29, 0.717) is 6.54 Å². The number of rotatable bonds is 3. The van der Waals surface area contributed by atoms with Crippen LogP contribution in [0.25, 0.3) is 0 Å². The second-order valence-electron chi connectivity index (χ2n) is 3.45. The van der Waals surface area contributed by atoms with E-state index in [1.165, 1.54) is 0 Å². The number of carbonyl (C=O) groups excluding carboxylic acids is 1. The molecule has 1 amide bonds. The standard InChI is InChI=1S/C10H14N2O3/c1-2-11-5-3-4-9(11)12-6-8(7-13)15-10(12)14/h3-5,8,13H,2,6-7H2,1H3/t8-/m1/s1. The van der Waals surface area contributed by atoms with E-state index < -0.39 is 6.10 Å². The van der Waals surface area contributed by atoms with Gasteiger partial charge in [-0.15, -0.1) is 0 Å². The lowest BCUT2D eigenvalue weighted by atomic mass is 10.4. The summed E-state index contributed by atoms with van der Waals surface area (Å²) in [5.41, 5.74) is 0. The van der Waals surface area contributed by atoms with E-state index in [9.17, 15) is 4.79 Å². The normalized spacial score (nSPS) is 20.8. The number of hydrogen-bond acceptors (Lipinski definition) is 3. The highest BCUT2D eigenvalue weighted by atomic mass is 16.6. The van der Waals surface area contributed by atoms with Gasteiger partial charge in [0.15, 0.2) is 0 Å². The van der Waals surface area contributed by atoms with Crippen LogP contribution in [0.4, 0.5) is 10.6 Å². The van der Waals surface area contributed by atoms with Crippen LogP contribution in [-0.4, -0.2) is 35.0 Å². The van der Waals surface area contributed by atoms with Crippen LogP contribution in [0.1, 0.15) is 6.92 Å². The minimum absolute atomic E-state index is 0.130. The van der Waals surface area contributed by atoms with Gasteiger partial charge in [-0.2, -0.15) is 0 Å². The van der Waals surface area contributed by atoms with Crippen molar-refractivity contribution in [3.8, 4) is 0 Å². The quantitative estimate of drug-likeness (QED) is 0.803. The molecule has 2 rings (SSSR count). The van der Waals surface area contributed by atoms with Crippen LogP contribution in [0, 0.1) is 0 Å². The molecule has 1 N–H and O–H groups in total. The minimum atomic E-state index is -0.405. The van der Waals surface area contributed by atoms with Gasteiger partial charge in [0.05, 0.1) is 13.2 Å². The second-order valence-corrected chi connectivity index (χ2v) is 3.45. The van der Waals surface area contributed by atoms with Crippen LogP contribution in [-0.2, 0) is 11.3 Å². The van der Waals surface area contributed by atoms with Crippen LogP contribution in [0.5, 0.6) is 0 Å². The van der Waals surface area contributed by atoms with Gasteiger partial charge < -0.3 is 14.4 Å². The molecule has 1 fully saturated rings. The fourth-order valence-electron chi connectivity index (χ4n) is 1.72. The molecule has 0 saturated carbocycles. The fraction of sp³-hybridized carbons (Fsp3) is 0.500. The van der Waals surface area contributed by atoms with Crippen molar-refractivity contribution in [3.05, 3.63) is 18.3 Å². The van der Waals surface area contributed by atoms with Crippen molar-refractivity contribution in [1.82, 2.24) is 4.57 Å². The maximum atomic E-state index is 11.5. The van der Waals surface area contributed by atoms with E-state index in [0.717, 1.165) is 12.4 Å². The highest BCUT2D eigenvalue weighted by Crippen LogP contribution is 2.21. The molecule has 5 heteroatoms. The van der Waals surface area contributed by atoms with E-state index >= 15 is 0 Å². The number of aliphatic hydroxyl groups excluding tert-OH is 1. The van der Waals surface area contributed by atoms with E-state index in [1.54, 1.807) is 4.90 Å². The maximum absolute atomic E-state index is 11.5. The zero-order valence-corrected chi connectivity index (χ0v) is 8.59. The molecule has 82 valence electrons. The third kappa shape index (κ3) is 1.70. The molecule has 1 aliphatic rings. The molecule has 1 aliphatic heterocycles. The van der Waals surface area contributed by atoms with Crippen molar-refractivity contribution in [1.29, 1.82) is 0 Å². The first-order chi connectivity index (χ1) is 7.26. The number of aliphatic hydroxyl groups is 1. The number of carbonyl (C=O) groups is 1. The highest BCUT2D eigenvalue weighted by molar-refractivity contribution is 5.88. The summed E-state index contributed by atoms with van der Waals surface area (Å²) >= 11 is 0. The van der Waals surface area contributed by atoms with Crippen molar-refractivity contribution in [2.45, 2.75) is 19.6 Å². The Morgan fingerprint density at radius 2 is 2.47 bits per heavy atom. The molecule has 0 radical (unpaired) electrons. The summed E-state index contributed by atoms with van der Waals surface area (Å²) in [6, 6.07) is 3.75. The molecular formula is C10H14N2O3. The number of aromatic nitrogens is 1. The van der Waals surface area contributed by atoms with Crippen molar-refractivity contribution in [2.24, 2.45) is 0 Å². The van der Waals surface area contributed by atoms with Crippen LogP contribution < -0.4 is 4.90 Å². The van der Waals surface area contributed by atoms with Gasteiger partial charge in [0.2, 0.25) is 0 Å². The first kappa shape index (κ1) is 10.0. The number of anilines is 1. The summed E-state index contributed by atoms with van der Waals surface area (Å²) in [5, 5.41) is 8.91. The highest BCUT2D eigenvalue weighted by Gasteiger charge is 2.32. The Bertz CT molecular complexity index is 361. The Labute approximate surface area is 87.9 Å². The van der Waals surface area contributed by atoms with Gasteiger partial charge in [0, 0.05) is 12.7 Å². The molecule has 1 saturated heterocycles. The SMILES string of the molecule is CCn1cccc1N1C[C@H](CO)OC1=O. The predicted molar refractivity (Wildman–Crippen MR) is 54.8 cm³/mol. The van der Waals surface area contributed by atoms with Crippen molar-refractivity contribution < 1.29 is 14.6 Å². The number of amides is 1. The zero-order chi connectivity index (χ0) is 10.8. The lowest BCUT2D eigenvalue weighted by Gasteiger charge is -2.14. The first-order valence-corrected chi connectivity index (χ1v) is 5.00. The molecule has 15 heavy (non-hydrogen) atoms. The van der Waals surface area contributed by atoms with Crippen LogP contribution in [0.2, 0.25) is 0 Å². The largest absolute Gasteiger partial charge is 0.441 e. The molecule has 0 spiro atoms. The van der Waals surface area contributed by atoms with E-state index in [4.69, 9.17) is 9.84 Å². The molecule has 5 nitrogen and oxygen atoms in total. The van der Waals surface area contributed by atoms with E-state index in [2.05, 4.69) is 0 Å². The number of hydrogen-bond donors (Lipinski definition) is 1. The van der Waals surface area contributed by atoms with Gasteiger partial charge in [-0.05, 0) is 19.1 Å². The lowest BCUT2D eigenvalue weighted by Crippen LogP contribution is -2.27. The number of ether oxygens (including phenoxy) is 1. The zero-order valence-electron chi connectivity index (χ0n) is 8.59. The summed E-state index contributed by atoms with van der Waals surface area (Å²) in [7, 11) is 0. The molecule has 1 atom stereocenters. The smallest absolute Gasteiger partial charge is 0.415 e. The topological polar surface area (TPSA) is 54.7 Å². The molecule has 0 aromatic carbocycles. The van der Waals surface area contributed by atoms with Crippen molar-refractivity contribution >= 4 is 11.9 Å². The summed E-state index contributed by atoms with van der Waals surface area (Å²) in [6.07, 6.45) is 1.12. The molecule has 2 heterocycles. The van der Waals surface area contributed by atoms with Gasteiger partial charge in [-0.25, -0.2) is 4.79 Å². The van der Waals surface area contributed by atoms with E-state index in [1.807, 2.05) is 29.8 Å². The summed E-state index contributed by atoms with van der Waals surface area (Å²) in [6.45, 7) is 3.10. The molecule has 0 bridgehead atoms. The van der Waals surface area contributed by atoms with E-state index in [-0.39, 0.29) is 12.7 Å². The third-order valence-electron chi connectivity index (χ3n) is 2.50. The summed E-state index contributed by atoms with van der Waals surface area (Å²) < 4.78 is 6.93. The van der Waals surface area contributed by atoms with Gasteiger partial charge in [-0.1, -0.05) is 0 Å². The van der Waals surface area contributed by atoms with Gasteiger partial charge in [-0.3, -0.25) is 4.90 Å². The molecular weight excluding hydrogens is 196 g/mol. The number of nitrogens with zero attached hydrogens (tertiary/aromatic N) is 2. The molecule has 1 aromatic heterocycles. The van der Waals surface area contributed by atoms with Crippen LogP contribution >= 0.6 is 0 Å². The third-order valence-corrected chi connectivity index (χ3v) is 2.50. The Balaban J connectivity index is 2.21. The lowest BCUT2D eigenvalue weighted by molar-refractivity contribution is 0.0963. The Morgan fingerprint density at radius 3 is 3.07 bits per heavy atom. The first-order valence-electron chi connectivity index (χ1n) is 5.00. The maximum Gasteiger partial charge on any atom is 0.415 e. The van der Waals surface area contributed by atoms with Gasteiger partial charge in [0.25, 0.3) is 0 Å². The van der Waals surface area contributed by atoms with Gasteiger partial charge in [0.1, 0.15) is 11.9 Å². The summed E-state index contributed by atoms with van der Waals surface area (Å²) in [5.74, 6) is 0.818. The van der Waals surface area contributed by atoms with Gasteiger partial charge >= 0.3 is 6.09 Å². The fourth-order valence-corrected chi connectivity index (χ4v) is 1.72. The Kier molecular flexibility index (Phi) is 2.64. The van der Waals surface area contributed by atoms with Crippen LogP contribution in [0.15, 0.2) is 18.3 Å². The Hall–Kier alpha value is -1.49. The second kappa shape index (κ2) is 3.94. The van der Waals surface area contributed by atoms with Crippen LogP contribution in [0.3, 0.4) is 0 Å². The predicted octanol–water partition coefficient (Wildman–Crippen LogP) is 0.825. The summed E-state index contributed by atoms with van der Waals surface area (Å²) in [4.78, 5) is 13.0. The molecule has 0 unspecified atom stereocenters.